The molecule has 2 atom stereocenters. The second-order valence-electron chi connectivity index (χ2n) is 9.54. The summed E-state index contributed by atoms with van der Waals surface area (Å²) in [6, 6.07) is 12.5. The van der Waals surface area contributed by atoms with Crippen LogP contribution in [0.1, 0.15) is 23.2 Å². The van der Waals surface area contributed by atoms with Crippen LogP contribution in [0.3, 0.4) is 0 Å². The van der Waals surface area contributed by atoms with Crippen LogP contribution in [0.2, 0.25) is 0 Å². The molecule has 198 valence electrons. The first-order valence-corrected chi connectivity index (χ1v) is 12.3. The number of aromatic nitrogens is 1. The van der Waals surface area contributed by atoms with Crippen molar-refractivity contribution >= 4 is 16.6 Å². The summed E-state index contributed by atoms with van der Waals surface area (Å²) < 4.78 is 61.0. The highest BCUT2D eigenvalue weighted by molar-refractivity contribution is 5.83. The summed E-state index contributed by atoms with van der Waals surface area (Å²) in [5.41, 5.74) is 3.44. The molecule has 3 aromatic rings. The maximum absolute atomic E-state index is 14.3. The van der Waals surface area contributed by atoms with Crippen LogP contribution in [0.25, 0.3) is 10.9 Å². The fourth-order valence-electron chi connectivity index (χ4n) is 4.64. The number of methoxy groups -OCH3 is 1. The molecule has 1 aliphatic heterocycles. The van der Waals surface area contributed by atoms with Gasteiger partial charge in [-0.1, -0.05) is 18.1 Å². The van der Waals surface area contributed by atoms with E-state index in [0.29, 0.717) is 36.2 Å². The molecule has 1 aliphatic rings. The smallest absolute Gasteiger partial charge is 0.406 e. The molecule has 2 aromatic carbocycles. The highest BCUT2D eigenvalue weighted by Gasteiger charge is 2.30. The summed E-state index contributed by atoms with van der Waals surface area (Å²) in [6.07, 6.45) is -4.63. The van der Waals surface area contributed by atoms with Crippen LogP contribution in [-0.4, -0.2) is 61.6 Å². The molecule has 0 amide bonds. The van der Waals surface area contributed by atoms with Gasteiger partial charge in [-0.25, -0.2) is 4.39 Å². The number of piperidine rings is 1. The topological polar surface area (TPSA) is 41.5 Å². The normalized spacial score (nSPS) is 18.5. The number of fused-ring (bicyclic) bond motifs is 1. The third-order valence-corrected chi connectivity index (χ3v) is 6.56. The first-order valence-electron chi connectivity index (χ1n) is 12.3. The van der Waals surface area contributed by atoms with Crippen molar-refractivity contribution in [2.45, 2.75) is 44.8 Å². The van der Waals surface area contributed by atoms with Crippen LogP contribution in [0.15, 0.2) is 42.5 Å². The van der Waals surface area contributed by atoms with Crippen LogP contribution >= 0.6 is 0 Å². The number of aryl methyl sites for hydroxylation is 1. The zero-order valence-electron chi connectivity index (χ0n) is 21.3. The summed E-state index contributed by atoms with van der Waals surface area (Å²) in [6.45, 7) is 2.73. The lowest BCUT2D eigenvalue weighted by atomic mass is 10.0. The van der Waals surface area contributed by atoms with Gasteiger partial charge in [-0.05, 0) is 74.3 Å². The zero-order valence-corrected chi connectivity index (χ0v) is 21.3. The Morgan fingerprint density at radius 2 is 1.95 bits per heavy atom. The van der Waals surface area contributed by atoms with Gasteiger partial charge in [0.15, 0.2) is 0 Å². The molecule has 0 aliphatic carbocycles. The van der Waals surface area contributed by atoms with Crippen molar-refractivity contribution in [1.29, 1.82) is 0 Å². The lowest BCUT2D eigenvalue weighted by molar-refractivity contribution is -0.140. The second kappa shape index (κ2) is 11.4. The Morgan fingerprint density at radius 3 is 2.68 bits per heavy atom. The average molecular weight is 517 g/mol. The highest BCUT2D eigenvalue weighted by Crippen LogP contribution is 2.27. The molecule has 0 spiro atoms. The van der Waals surface area contributed by atoms with Crippen molar-refractivity contribution in [3.05, 3.63) is 59.3 Å². The fraction of sp³-hybridized carbons (Fsp3) is 0.429. The maximum Gasteiger partial charge on any atom is 0.406 e. The van der Waals surface area contributed by atoms with E-state index in [9.17, 15) is 17.6 Å². The predicted molar refractivity (Wildman–Crippen MR) is 139 cm³/mol. The highest BCUT2D eigenvalue weighted by atomic mass is 19.4. The lowest BCUT2D eigenvalue weighted by Crippen LogP contribution is -2.49. The fourth-order valence-corrected chi connectivity index (χ4v) is 4.64. The van der Waals surface area contributed by atoms with E-state index in [-0.39, 0.29) is 18.3 Å². The third kappa shape index (κ3) is 6.96. The quantitative estimate of drug-likeness (QED) is 0.338. The molecular formula is C28H32F4N4O. The molecule has 1 fully saturated rings. The Bertz CT molecular complexity index is 1290. The van der Waals surface area contributed by atoms with Crippen molar-refractivity contribution in [3.63, 3.8) is 0 Å². The standard InChI is InChI=1S/C28H32F4N4O/c1-19-6-8-25(27(13-19)37-3)33-11-4-5-22-15-21-14-20(7-9-26(21)36(22)18-28(30,31)32)16-34-24-10-12-35(2)17-23(24)29/h6-9,13-15,23-24,33-34H,10-12,16-18H2,1-3H3/t23-,24+/m0/s1. The largest absolute Gasteiger partial charge is 0.495 e. The van der Waals surface area contributed by atoms with Crippen LogP contribution in [-0.2, 0) is 13.1 Å². The summed E-state index contributed by atoms with van der Waals surface area (Å²) in [5.74, 6) is 6.50. The van der Waals surface area contributed by atoms with Gasteiger partial charge in [0.1, 0.15) is 18.5 Å². The Morgan fingerprint density at radius 1 is 1.14 bits per heavy atom. The first kappa shape index (κ1) is 26.8. The Hall–Kier alpha value is -3.22. The molecule has 0 unspecified atom stereocenters. The molecule has 9 heteroatoms. The molecule has 2 N–H and O–H groups in total. The van der Waals surface area contributed by atoms with Crippen LogP contribution in [0.4, 0.5) is 23.2 Å². The lowest BCUT2D eigenvalue weighted by Gasteiger charge is -2.32. The van der Waals surface area contributed by atoms with E-state index in [1.807, 2.05) is 43.1 Å². The summed E-state index contributed by atoms with van der Waals surface area (Å²) in [7, 11) is 3.48. The first-order chi connectivity index (χ1) is 17.6. The van der Waals surface area contributed by atoms with Gasteiger partial charge in [-0.15, -0.1) is 0 Å². The number of rotatable bonds is 7. The van der Waals surface area contributed by atoms with Crippen LogP contribution in [0.5, 0.6) is 5.75 Å². The van der Waals surface area contributed by atoms with E-state index in [1.165, 1.54) is 4.57 Å². The van der Waals surface area contributed by atoms with Gasteiger partial charge in [0.25, 0.3) is 0 Å². The summed E-state index contributed by atoms with van der Waals surface area (Å²) in [5, 5.41) is 7.09. The van der Waals surface area contributed by atoms with Crippen molar-refractivity contribution in [1.82, 2.24) is 14.8 Å². The minimum absolute atomic E-state index is 0.234. The number of alkyl halides is 4. The van der Waals surface area contributed by atoms with Gasteiger partial charge >= 0.3 is 6.18 Å². The van der Waals surface area contributed by atoms with Gasteiger partial charge in [-0.3, -0.25) is 0 Å². The molecule has 5 nitrogen and oxygen atoms in total. The Kier molecular flexibility index (Phi) is 8.30. The SMILES string of the molecule is COc1cc(C)ccc1NCC#Cc1cc2cc(CN[C@@H]3CCN(C)C[C@@H]3F)ccc2n1CC(F)(F)F. The molecule has 0 radical (unpaired) electrons. The number of nitrogens with one attached hydrogen (secondary N) is 2. The minimum Gasteiger partial charge on any atom is -0.495 e. The Balaban J connectivity index is 1.51. The molecule has 37 heavy (non-hydrogen) atoms. The van der Waals surface area contributed by atoms with E-state index in [1.54, 1.807) is 25.3 Å². The maximum atomic E-state index is 14.3. The molecule has 0 bridgehead atoms. The van der Waals surface area contributed by atoms with E-state index < -0.39 is 18.9 Å². The van der Waals surface area contributed by atoms with Gasteiger partial charge in [0, 0.05) is 30.0 Å². The third-order valence-electron chi connectivity index (χ3n) is 6.56. The monoisotopic (exact) mass is 516 g/mol. The summed E-state index contributed by atoms with van der Waals surface area (Å²) >= 11 is 0. The van der Waals surface area contributed by atoms with Crippen molar-refractivity contribution in [2.24, 2.45) is 0 Å². The number of nitrogens with zero attached hydrogens (tertiary/aromatic N) is 2. The van der Waals surface area contributed by atoms with Gasteiger partial charge in [0.05, 0.1) is 25.0 Å². The van der Waals surface area contributed by atoms with E-state index >= 15 is 0 Å². The van der Waals surface area contributed by atoms with Crippen molar-refractivity contribution in [2.75, 3.05) is 39.1 Å². The second-order valence-corrected chi connectivity index (χ2v) is 9.54. The molecule has 1 saturated heterocycles. The number of likely N-dealkylation sites (tertiary alicyclic amines) is 1. The van der Waals surface area contributed by atoms with Gasteiger partial charge in [0.2, 0.25) is 0 Å². The van der Waals surface area contributed by atoms with E-state index in [2.05, 4.69) is 22.5 Å². The molecular weight excluding hydrogens is 484 g/mol. The Labute approximate surface area is 214 Å². The summed E-state index contributed by atoms with van der Waals surface area (Å²) in [4.78, 5) is 1.97. The number of ether oxygens (including phenoxy) is 1. The zero-order chi connectivity index (χ0) is 26.6. The van der Waals surface area contributed by atoms with E-state index in [0.717, 1.165) is 23.4 Å². The van der Waals surface area contributed by atoms with Gasteiger partial charge < -0.3 is 24.8 Å². The molecule has 2 heterocycles. The molecule has 1 aromatic heterocycles. The van der Waals surface area contributed by atoms with Crippen LogP contribution < -0.4 is 15.4 Å². The van der Waals surface area contributed by atoms with Crippen molar-refractivity contribution < 1.29 is 22.3 Å². The molecule has 0 saturated carbocycles. The number of halogens is 4. The average Bonchev–Trinajstić information content (AvgIpc) is 3.16. The number of hydrogen-bond donors (Lipinski definition) is 2. The minimum atomic E-state index is -4.39. The number of anilines is 1. The van der Waals surface area contributed by atoms with Gasteiger partial charge in [-0.2, -0.15) is 13.2 Å². The van der Waals surface area contributed by atoms with E-state index in [4.69, 9.17) is 4.74 Å². The number of benzene rings is 2. The predicted octanol–water partition coefficient (Wildman–Crippen LogP) is 5.12. The molecule has 4 rings (SSSR count). The van der Waals surface area contributed by atoms with Crippen LogP contribution in [0, 0.1) is 18.8 Å². The van der Waals surface area contributed by atoms with Crippen molar-refractivity contribution in [3.8, 4) is 17.6 Å². The number of hydrogen-bond acceptors (Lipinski definition) is 4.